The number of anilines is 1. The van der Waals surface area contributed by atoms with Crippen molar-refractivity contribution in [3.8, 4) is 0 Å². The first-order valence-corrected chi connectivity index (χ1v) is 18.1. The summed E-state index contributed by atoms with van der Waals surface area (Å²) in [4.78, 5) is 16.0. The van der Waals surface area contributed by atoms with Crippen LogP contribution in [0.3, 0.4) is 0 Å². The first kappa shape index (κ1) is 35.7. The fraction of sp³-hybridized carbons (Fsp3) is 0.561. The highest BCUT2D eigenvalue weighted by atomic mass is 16.5. The van der Waals surface area contributed by atoms with Crippen molar-refractivity contribution in [1.29, 1.82) is 0 Å². The number of rotatable bonds is 21. The van der Waals surface area contributed by atoms with Gasteiger partial charge in [0.25, 0.3) is 0 Å². The molecular weight excluding hydrogens is 568 g/mol. The van der Waals surface area contributed by atoms with Gasteiger partial charge in [0, 0.05) is 67.8 Å². The van der Waals surface area contributed by atoms with E-state index in [0.29, 0.717) is 11.1 Å². The van der Waals surface area contributed by atoms with Crippen molar-refractivity contribution in [2.45, 2.75) is 117 Å². The molecule has 0 saturated heterocycles. The average molecular weight is 627 g/mol. The highest BCUT2D eigenvalue weighted by Crippen LogP contribution is 2.42. The van der Waals surface area contributed by atoms with E-state index in [2.05, 4.69) is 73.6 Å². The molecule has 46 heavy (non-hydrogen) atoms. The Labute approximate surface area is 279 Å². The van der Waals surface area contributed by atoms with Gasteiger partial charge in [-0.1, -0.05) is 101 Å². The Hall–Kier alpha value is -3.18. The molecule has 0 radical (unpaired) electrons. The van der Waals surface area contributed by atoms with Gasteiger partial charge in [-0.2, -0.15) is 4.58 Å². The van der Waals surface area contributed by atoms with Crippen molar-refractivity contribution in [2.75, 3.05) is 38.3 Å². The van der Waals surface area contributed by atoms with Crippen LogP contribution in [0.25, 0.3) is 5.57 Å². The molecule has 0 aromatic heterocycles. The number of para-hydroxylation sites is 1. The van der Waals surface area contributed by atoms with Crippen LogP contribution < -0.4 is 10.0 Å². The minimum atomic E-state index is -0.287. The molecule has 1 aliphatic carbocycles. The second-order valence-electron chi connectivity index (χ2n) is 13.7. The molecule has 0 fully saturated rings. The van der Waals surface area contributed by atoms with Crippen LogP contribution in [0, 0.1) is 0 Å². The molecule has 2 aromatic rings. The maximum absolute atomic E-state index is 13.5. The van der Waals surface area contributed by atoms with Crippen molar-refractivity contribution in [3.63, 3.8) is 0 Å². The smallest absolute Gasteiger partial charge is 0.209 e. The Morgan fingerprint density at radius 3 is 1.98 bits per heavy atom. The summed E-state index contributed by atoms with van der Waals surface area (Å²) >= 11 is 0. The molecule has 250 valence electrons. The number of ether oxygens (including phenoxy) is 1. The molecular formula is C41H58N2O3. The van der Waals surface area contributed by atoms with E-state index in [1.165, 1.54) is 62.6 Å². The zero-order valence-corrected chi connectivity index (χ0v) is 29.3. The summed E-state index contributed by atoms with van der Waals surface area (Å²) in [6, 6.07) is 16.6. The number of unbranched alkanes of at least 4 members (excludes halogenated alkanes) is 10. The molecule has 5 heteroatoms. The summed E-state index contributed by atoms with van der Waals surface area (Å²) in [5, 5.41) is 13.5. The molecule has 4 rings (SSSR count). The number of methoxy groups -OCH3 is 1. The number of hydrogen-bond acceptors (Lipinski definition) is 4. The topological polar surface area (TPSA) is 55.6 Å². The fourth-order valence-corrected chi connectivity index (χ4v) is 6.95. The number of benzene rings is 2. The number of fused-ring (bicyclic) bond motifs is 1. The first-order valence-electron chi connectivity index (χ1n) is 18.1. The zero-order valence-electron chi connectivity index (χ0n) is 29.3. The molecule has 5 nitrogen and oxygen atoms in total. The Balaban J connectivity index is 1.46. The number of hydrogen-bond donors (Lipinski definition) is 0. The van der Waals surface area contributed by atoms with Crippen LogP contribution in [-0.4, -0.2) is 49.4 Å². The molecule has 0 N–H and O–H groups in total. The highest BCUT2D eigenvalue weighted by molar-refractivity contribution is 6.40. The lowest BCUT2D eigenvalue weighted by Crippen LogP contribution is -2.33. The van der Waals surface area contributed by atoms with Crippen molar-refractivity contribution in [2.24, 2.45) is 0 Å². The van der Waals surface area contributed by atoms with Crippen LogP contribution in [0.1, 0.15) is 122 Å². The minimum Gasteiger partial charge on any atom is -0.871 e. The summed E-state index contributed by atoms with van der Waals surface area (Å²) in [6.07, 6.45) is 17.7. The normalized spacial score (nSPS) is 16.4. The maximum atomic E-state index is 13.5. The Bertz CT molecular complexity index is 1370. The van der Waals surface area contributed by atoms with Gasteiger partial charge < -0.3 is 14.7 Å². The summed E-state index contributed by atoms with van der Waals surface area (Å²) in [5.74, 6) is -0.263. The summed E-state index contributed by atoms with van der Waals surface area (Å²) in [7, 11) is 1.77. The van der Waals surface area contributed by atoms with Crippen LogP contribution in [0.15, 0.2) is 65.9 Å². The quantitative estimate of drug-likeness (QED) is 0.0789. The summed E-state index contributed by atoms with van der Waals surface area (Å²) in [6.45, 7) is 12.7. The molecule has 0 unspecified atom stereocenters. The average Bonchev–Trinajstić information content (AvgIpc) is 3.28. The number of carbonyl (C=O) groups excluding carboxylic acids is 1. The molecule has 1 aliphatic heterocycles. The van der Waals surface area contributed by atoms with Gasteiger partial charge in [-0.15, -0.1) is 0 Å². The first-order chi connectivity index (χ1) is 22.3. The number of ketones is 1. The molecule has 0 saturated carbocycles. The van der Waals surface area contributed by atoms with E-state index >= 15 is 0 Å². The Morgan fingerprint density at radius 1 is 0.804 bits per heavy atom. The van der Waals surface area contributed by atoms with E-state index in [1.807, 2.05) is 18.2 Å². The number of Topliss-reactive ketones (excluding diaryl/α,β-unsaturated/α-hetero) is 1. The third-order valence-electron chi connectivity index (χ3n) is 9.84. The third-order valence-corrected chi connectivity index (χ3v) is 9.84. The molecule has 0 atom stereocenters. The van der Waals surface area contributed by atoms with Crippen molar-refractivity contribution >= 4 is 28.4 Å². The summed E-state index contributed by atoms with van der Waals surface area (Å²) in [5.41, 5.74) is 5.76. The van der Waals surface area contributed by atoms with Gasteiger partial charge in [0.05, 0.1) is 5.41 Å². The van der Waals surface area contributed by atoms with Crippen LogP contribution in [-0.2, 0) is 14.9 Å². The molecule has 2 aliphatic rings. The monoisotopic (exact) mass is 626 g/mol. The van der Waals surface area contributed by atoms with Crippen LogP contribution in [0.4, 0.5) is 11.4 Å². The minimum absolute atomic E-state index is 0.131. The largest absolute Gasteiger partial charge is 0.871 e. The lowest BCUT2D eigenvalue weighted by molar-refractivity contribution is -0.438. The predicted molar refractivity (Wildman–Crippen MR) is 191 cm³/mol. The SMILES string of the molecule is CCCCN(CCCC)c1ccc(C2=C([O-])C(=CC3=[N+](CCCCCCCCCCCOC)c4ccccc4C3(C)C)C2=O)cc1. The van der Waals surface area contributed by atoms with Crippen molar-refractivity contribution in [3.05, 3.63) is 77.1 Å². The molecule has 2 aromatic carbocycles. The van der Waals surface area contributed by atoms with Crippen LogP contribution >= 0.6 is 0 Å². The second-order valence-corrected chi connectivity index (χ2v) is 13.7. The van der Waals surface area contributed by atoms with Gasteiger partial charge in [0.1, 0.15) is 6.54 Å². The maximum Gasteiger partial charge on any atom is 0.209 e. The molecule has 0 bridgehead atoms. The van der Waals surface area contributed by atoms with Gasteiger partial charge in [-0.25, -0.2) is 0 Å². The van der Waals surface area contributed by atoms with Gasteiger partial charge >= 0.3 is 0 Å². The standard InChI is InChI=1S/C41H58N2O3/c1-6-8-27-42(28-9-7-2)33-25-23-32(24-26-33)38-39(44)34(40(38)45)31-37-41(3,4)35-21-17-18-22-36(35)43(37)29-19-15-13-11-10-12-14-16-20-30-46-5/h17-18,21-26,31H,6-16,19-20,27-30H2,1-5H3. The molecule has 0 spiro atoms. The molecule has 0 amide bonds. The van der Waals surface area contributed by atoms with Crippen LogP contribution in [0.2, 0.25) is 0 Å². The van der Waals surface area contributed by atoms with E-state index in [9.17, 15) is 9.90 Å². The van der Waals surface area contributed by atoms with E-state index in [4.69, 9.17) is 4.74 Å². The lowest BCUT2D eigenvalue weighted by Gasteiger charge is -2.31. The van der Waals surface area contributed by atoms with Gasteiger partial charge in [-0.3, -0.25) is 4.79 Å². The van der Waals surface area contributed by atoms with E-state index in [1.54, 1.807) is 7.11 Å². The van der Waals surface area contributed by atoms with Crippen LogP contribution in [0.5, 0.6) is 0 Å². The summed E-state index contributed by atoms with van der Waals surface area (Å²) < 4.78 is 7.51. The van der Waals surface area contributed by atoms with E-state index in [-0.39, 0.29) is 17.0 Å². The van der Waals surface area contributed by atoms with Crippen molar-refractivity contribution < 1.29 is 19.2 Å². The van der Waals surface area contributed by atoms with E-state index in [0.717, 1.165) is 75.3 Å². The zero-order chi connectivity index (χ0) is 32.9. The van der Waals surface area contributed by atoms with Crippen molar-refractivity contribution in [1.82, 2.24) is 0 Å². The third kappa shape index (κ3) is 8.59. The Morgan fingerprint density at radius 2 is 1.39 bits per heavy atom. The fourth-order valence-electron chi connectivity index (χ4n) is 6.95. The second kappa shape index (κ2) is 17.7. The van der Waals surface area contributed by atoms with Gasteiger partial charge in [-0.05, 0) is 57.2 Å². The Kier molecular flexibility index (Phi) is 13.7. The van der Waals surface area contributed by atoms with E-state index < -0.39 is 0 Å². The van der Waals surface area contributed by atoms with Gasteiger partial charge in [0.2, 0.25) is 5.69 Å². The number of carbonyl (C=O) groups is 1. The lowest BCUT2D eigenvalue weighted by atomic mass is 9.77. The highest BCUT2D eigenvalue weighted by Gasteiger charge is 2.45. The number of allylic oxidation sites excluding steroid dienone is 3. The predicted octanol–water partition coefficient (Wildman–Crippen LogP) is 8.91. The number of nitrogens with zero attached hydrogens (tertiary/aromatic N) is 2. The van der Waals surface area contributed by atoms with Gasteiger partial charge in [0.15, 0.2) is 11.5 Å². The molecule has 1 heterocycles.